The predicted octanol–water partition coefficient (Wildman–Crippen LogP) is 4.43. The molecule has 0 aliphatic heterocycles. The van der Waals surface area contributed by atoms with E-state index in [0.29, 0.717) is 5.56 Å². The van der Waals surface area contributed by atoms with Crippen LogP contribution in [-0.4, -0.2) is 13.1 Å². The van der Waals surface area contributed by atoms with Crippen LogP contribution in [0.1, 0.15) is 10.4 Å². The first-order valence-electron chi connectivity index (χ1n) is 6.56. The van der Waals surface area contributed by atoms with Gasteiger partial charge in [-0.15, -0.1) is 0 Å². The molecule has 0 N–H and O–H groups in total. The Kier molecular flexibility index (Phi) is 3.40. The predicted molar refractivity (Wildman–Crippen MR) is 80.7 cm³/mol. The molecule has 3 heteroatoms. The summed E-state index contributed by atoms with van der Waals surface area (Å²) in [6.45, 7) is 0. The summed E-state index contributed by atoms with van der Waals surface area (Å²) in [6.07, 6.45) is 0. The molecule has 0 aliphatic carbocycles. The van der Waals surface area contributed by atoms with Crippen LogP contribution in [-0.2, 0) is 4.74 Å². The van der Waals surface area contributed by atoms with Crippen LogP contribution in [0, 0.1) is 5.82 Å². The van der Waals surface area contributed by atoms with E-state index in [4.69, 9.17) is 4.74 Å². The first-order valence-corrected chi connectivity index (χ1v) is 6.56. The zero-order chi connectivity index (χ0) is 14.8. The van der Waals surface area contributed by atoms with Gasteiger partial charge in [-0.2, -0.15) is 0 Å². The number of esters is 1. The lowest BCUT2D eigenvalue weighted by molar-refractivity contribution is 0.0603. The minimum atomic E-state index is -0.379. The molecule has 0 aromatic heterocycles. The zero-order valence-corrected chi connectivity index (χ0v) is 11.5. The smallest absolute Gasteiger partial charge is 0.338 e. The zero-order valence-electron chi connectivity index (χ0n) is 11.5. The molecule has 2 nitrogen and oxygen atoms in total. The van der Waals surface area contributed by atoms with Crippen LogP contribution < -0.4 is 0 Å². The SMILES string of the molecule is COC(=O)c1cc(-c2ccc(F)cc2)cc2ccccc12. The van der Waals surface area contributed by atoms with Gasteiger partial charge in [-0.1, -0.05) is 36.4 Å². The molecule has 3 rings (SSSR count). The van der Waals surface area contributed by atoms with Gasteiger partial charge >= 0.3 is 5.97 Å². The summed E-state index contributed by atoms with van der Waals surface area (Å²) < 4.78 is 17.9. The van der Waals surface area contributed by atoms with Gasteiger partial charge in [-0.05, 0) is 46.2 Å². The molecule has 0 saturated heterocycles. The quantitative estimate of drug-likeness (QED) is 0.649. The Morgan fingerprint density at radius 1 is 0.952 bits per heavy atom. The topological polar surface area (TPSA) is 26.3 Å². The third-order valence-electron chi connectivity index (χ3n) is 3.44. The number of fused-ring (bicyclic) bond motifs is 1. The molecular weight excluding hydrogens is 267 g/mol. The van der Waals surface area contributed by atoms with Gasteiger partial charge < -0.3 is 4.74 Å². The van der Waals surface area contributed by atoms with Crippen LogP contribution in [0.3, 0.4) is 0 Å². The van der Waals surface area contributed by atoms with Crippen molar-refractivity contribution in [2.24, 2.45) is 0 Å². The molecule has 0 atom stereocenters. The standard InChI is InChI=1S/C18H13FO2/c1-21-18(20)17-11-14(12-6-8-15(19)9-7-12)10-13-4-2-3-5-16(13)17/h2-11H,1H3. The molecule has 0 amide bonds. The van der Waals surface area contributed by atoms with Crippen molar-refractivity contribution < 1.29 is 13.9 Å². The summed E-state index contributed by atoms with van der Waals surface area (Å²) in [4.78, 5) is 12.0. The fourth-order valence-corrected chi connectivity index (χ4v) is 2.40. The van der Waals surface area contributed by atoms with E-state index in [9.17, 15) is 9.18 Å². The summed E-state index contributed by atoms with van der Waals surface area (Å²) in [5.74, 6) is -0.664. The minimum absolute atomic E-state index is 0.285. The largest absolute Gasteiger partial charge is 0.465 e. The lowest BCUT2D eigenvalue weighted by Gasteiger charge is -2.09. The molecule has 0 heterocycles. The van der Waals surface area contributed by atoms with Gasteiger partial charge in [0, 0.05) is 0 Å². The van der Waals surface area contributed by atoms with Crippen molar-refractivity contribution in [3.05, 3.63) is 72.0 Å². The van der Waals surface area contributed by atoms with Gasteiger partial charge in [0.2, 0.25) is 0 Å². The second-order valence-corrected chi connectivity index (χ2v) is 4.74. The average Bonchev–Trinajstić information content (AvgIpc) is 2.53. The van der Waals surface area contributed by atoms with Crippen molar-refractivity contribution >= 4 is 16.7 Å². The van der Waals surface area contributed by atoms with Gasteiger partial charge in [0.15, 0.2) is 0 Å². The minimum Gasteiger partial charge on any atom is -0.465 e. The first kappa shape index (κ1) is 13.3. The van der Waals surface area contributed by atoms with Crippen molar-refractivity contribution in [1.29, 1.82) is 0 Å². The molecule has 0 saturated carbocycles. The number of carbonyl (C=O) groups is 1. The van der Waals surface area contributed by atoms with Crippen molar-refractivity contribution in [3.8, 4) is 11.1 Å². The molecule has 0 fully saturated rings. The summed E-state index contributed by atoms with van der Waals surface area (Å²) >= 11 is 0. The van der Waals surface area contributed by atoms with Crippen molar-refractivity contribution in [1.82, 2.24) is 0 Å². The summed E-state index contributed by atoms with van der Waals surface area (Å²) in [7, 11) is 1.36. The van der Waals surface area contributed by atoms with Gasteiger partial charge in [0.05, 0.1) is 12.7 Å². The van der Waals surface area contributed by atoms with Gasteiger partial charge in [-0.25, -0.2) is 9.18 Å². The summed E-state index contributed by atoms with van der Waals surface area (Å²) in [5, 5.41) is 1.79. The van der Waals surface area contributed by atoms with E-state index in [1.807, 2.05) is 30.3 Å². The maximum atomic E-state index is 13.0. The van der Waals surface area contributed by atoms with E-state index in [-0.39, 0.29) is 11.8 Å². The molecule has 104 valence electrons. The van der Waals surface area contributed by atoms with Crippen LogP contribution in [0.15, 0.2) is 60.7 Å². The fourth-order valence-electron chi connectivity index (χ4n) is 2.40. The van der Waals surface area contributed by atoms with Gasteiger partial charge in [0.1, 0.15) is 5.82 Å². The number of hydrogen-bond acceptors (Lipinski definition) is 2. The lowest BCUT2D eigenvalue weighted by Crippen LogP contribution is -2.02. The van der Waals surface area contributed by atoms with E-state index in [2.05, 4.69) is 0 Å². The summed E-state index contributed by atoms with van der Waals surface area (Å²) in [5.41, 5.74) is 2.22. The normalized spacial score (nSPS) is 10.6. The Hall–Kier alpha value is -2.68. The van der Waals surface area contributed by atoms with Crippen LogP contribution in [0.25, 0.3) is 21.9 Å². The maximum Gasteiger partial charge on any atom is 0.338 e. The van der Waals surface area contributed by atoms with Gasteiger partial charge in [0.25, 0.3) is 0 Å². The molecule has 3 aromatic rings. The van der Waals surface area contributed by atoms with E-state index in [0.717, 1.165) is 21.9 Å². The highest BCUT2D eigenvalue weighted by atomic mass is 19.1. The second-order valence-electron chi connectivity index (χ2n) is 4.74. The number of hydrogen-bond donors (Lipinski definition) is 0. The van der Waals surface area contributed by atoms with E-state index >= 15 is 0 Å². The Bertz CT molecular complexity index is 807. The lowest BCUT2D eigenvalue weighted by atomic mass is 9.97. The van der Waals surface area contributed by atoms with Crippen LogP contribution in [0.5, 0.6) is 0 Å². The number of benzene rings is 3. The van der Waals surface area contributed by atoms with E-state index in [1.54, 1.807) is 18.2 Å². The number of methoxy groups -OCH3 is 1. The number of rotatable bonds is 2. The van der Waals surface area contributed by atoms with Crippen molar-refractivity contribution in [2.45, 2.75) is 0 Å². The Morgan fingerprint density at radius 3 is 2.38 bits per heavy atom. The number of carbonyl (C=O) groups excluding carboxylic acids is 1. The Morgan fingerprint density at radius 2 is 1.67 bits per heavy atom. The summed E-state index contributed by atoms with van der Waals surface area (Å²) in [6, 6.07) is 17.6. The first-order chi connectivity index (χ1) is 10.2. The molecular formula is C18H13FO2. The molecule has 3 aromatic carbocycles. The number of halogens is 1. The molecule has 0 radical (unpaired) electrons. The third kappa shape index (κ3) is 2.50. The fraction of sp³-hybridized carbons (Fsp3) is 0.0556. The highest BCUT2D eigenvalue weighted by Gasteiger charge is 2.12. The molecule has 0 unspecified atom stereocenters. The van der Waals surface area contributed by atoms with Gasteiger partial charge in [-0.3, -0.25) is 0 Å². The molecule has 0 bridgehead atoms. The van der Waals surface area contributed by atoms with Crippen LogP contribution in [0.2, 0.25) is 0 Å². The monoisotopic (exact) mass is 280 g/mol. The average molecular weight is 280 g/mol. The maximum absolute atomic E-state index is 13.0. The highest BCUT2D eigenvalue weighted by molar-refractivity contribution is 6.06. The number of ether oxygens (including phenoxy) is 1. The van der Waals surface area contributed by atoms with Crippen molar-refractivity contribution in [3.63, 3.8) is 0 Å². The highest BCUT2D eigenvalue weighted by Crippen LogP contribution is 2.28. The second kappa shape index (κ2) is 5.37. The Balaban J connectivity index is 2.25. The van der Waals surface area contributed by atoms with Crippen LogP contribution in [0.4, 0.5) is 4.39 Å². The molecule has 0 aliphatic rings. The third-order valence-corrected chi connectivity index (χ3v) is 3.44. The molecule has 0 spiro atoms. The van der Waals surface area contributed by atoms with E-state index in [1.165, 1.54) is 19.2 Å². The van der Waals surface area contributed by atoms with Crippen LogP contribution >= 0.6 is 0 Å². The van der Waals surface area contributed by atoms with E-state index < -0.39 is 0 Å². The van der Waals surface area contributed by atoms with Crippen molar-refractivity contribution in [2.75, 3.05) is 7.11 Å². The molecule has 21 heavy (non-hydrogen) atoms. The Labute approximate surface area is 121 Å².